The second-order valence-electron chi connectivity index (χ2n) is 9.27. The topological polar surface area (TPSA) is 65.6 Å². The van der Waals surface area contributed by atoms with Crippen molar-refractivity contribution >= 4 is 38.6 Å². The molecule has 3 aromatic carbocycles. The summed E-state index contributed by atoms with van der Waals surface area (Å²) in [5.74, 6) is 0.466. The van der Waals surface area contributed by atoms with Crippen molar-refractivity contribution < 1.29 is 14.3 Å². The van der Waals surface area contributed by atoms with Crippen molar-refractivity contribution in [2.24, 2.45) is 0 Å². The predicted molar refractivity (Wildman–Crippen MR) is 151 cm³/mol. The number of nitrogens with one attached hydrogen (secondary N) is 1. The number of benzene rings is 3. The molecule has 2 amide bonds. The van der Waals surface area contributed by atoms with Gasteiger partial charge in [-0.25, -0.2) is 0 Å². The maximum atomic E-state index is 13.8. The van der Waals surface area contributed by atoms with Gasteiger partial charge in [-0.05, 0) is 62.2 Å². The second-order valence-corrected chi connectivity index (χ2v) is 10.2. The summed E-state index contributed by atoms with van der Waals surface area (Å²) in [6, 6.07) is 23.0. The summed E-state index contributed by atoms with van der Waals surface area (Å²) in [6.45, 7) is 4.76. The van der Waals surface area contributed by atoms with Crippen molar-refractivity contribution in [3.05, 3.63) is 100 Å². The van der Waals surface area contributed by atoms with Crippen LogP contribution in [0.2, 0.25) is 0 Å². The lowest BCUT2D eigenvalue weighted by Gasteiger charge is -2.30. The summed E-state index contributed by atoms with van der Waals surface area (Å²) < 4.78 is 6.45. The molecule has 0 spiro atoms. The number of methoxy groups -OCH3 is 1. The number of H-pyrrole nitrogens is 1. The van der Waals surface area contributed by atoms with Crippen LogP contribution in [-0.4, -0.2) is 52.8 Å². The molecule has 4 aromatic rings. The van der Waals surface area contributed by atoms with Gasteiger partial charge in [-0.3, -0.25) is 9.59 Å². The SMILES string of the molecule is COc1ccccc1CN(CCc1c[nH]c2ccccc12)C(=O)CN(C(=O)c1ccc(Br)cc1)C(C)C. The number of rotatable bonds is 10. The Bertz CT molecular complexity index is 1360. The third-order valence-electron chi connectivity index (χ3n) is 6.51. The van der Waals surface area contributed by atoms with Crippen molar-refractivity contribution in [2.75, 3.05) is 20.2 Å². The van der Waals surface area contributed by atoms with E-state index >= 15 is 0 Å². The van der Waals surface area contributed by atoms with Crippen LogP contribution in [0.4, 0.5) is 0 Å². The van der Waals surface area contributed by atoms with E-state index in [1.807, 2.05) is 79.5 Å². The number of hydrogen-bond donors (Lipinski definition) is 1. The maximum absolute atomic E-state index is 13.8. The van der Waals surface area contributed by atoms with Gasteiger partial charge < -0.3 is 19.5 Å². The van der Waals surface area contributed by atoms with Crippen LogP contribution in [0.25, 0.3) is 10.9 Å². The van der Waals surface area contributed by atoms with Crippen molar-refractivity contribution in [1.82, 2.24) is 14.8 Å². The third-order valence-corrected chi connectivity index (χ3v) is 7.04. The van der Waals surface area contributed by atoms with Crippen LogP contribution in [-0.2, 0) is 17.8 Å². The lowest BCUT2D eigenvalue weighted by atomic mass is 10.1. The Kier molecular flexibility index (Phi) is 8.66. The van der Waals surface area contributed by atoms with Gasteiger partial charge in [0.2, 0.25) is 5.91 Å². The molecule has 0 unspecified atom stereocenters. The molecule has 6 nitrogen and oxygen atoms in total. The highest BCUT2D eigenvalue weighted by Gasteiger charge is 2.25. The van der Waals surface area contributed by atoms with Gasteiger partial charge >= 0.3 is 0 Å². The number of nitrogens with zero attached hydrogens (tertiary/aromatic N) is 2. The van der Waals surface area contributed by atoms with Crippen LogP contribution in [0, 0.1) is 0 Å². The molecule has 1 N–H and O–H groups in total. The third kappa shape index (κ3) is 6.41. The summed E-state index contributed by atoms with van der Waals surface area (Å²) >= 11 is 3.41. The quantitative estimate of drug-likeness (QED) is 0.256. The molecule has 192 valence electrons. The molecule has 37 heavy (non-hydrogen) atoms. The van der Waals surface area contributed by atoms with Gasteiger partial charge in [-0.1, -0.05) is 52.3 Å². The molecule has 1 heterocycles. The van der Waals surface area contributed by atoms with Gasteiger partial charge in [0.25, 0.3) is 5.91 Å². The van der Waals surface area contributed by atoms with Crippen molar-refractivity contribution in [3.8, 4) is 5.75 Å². The van der Waals surface area contributed by atoms with Crippen LogP contribution < -0.4 is 4.74 Å². The number of carbonyl (C=O) groups excluding carboxylic acids is 2. The number of aromatic amines is 1. The van der Waals surface area contributed by atoms with E-state index in [2.05, 4.69) is 27.0 Å². The molecule has 0 bridgehead atoms. The first-order valence-electron chi connectivity index (χ1n) is 12.4. The largest absolute Gasteiger partial charge is 0.496 e. The first-order valence-corrected chi connectivity index (χ1v) is 13.2. The van der Waals surface area contributed by atoms with E-state index in [1.165, 1.54) is 0 Å². The fraction of sp³-hybridized carbons (Fsp3) is 0.267. The molecule has 0 fully saturated rings. The lowest BCUT2D eigenvalue weighted by molar-refractivity contribution is -0.132. The lowest BCUT2D eigenvalue weighted by Crippen LogP contribution is -2.46. The Morgan fingerprint density at radius 1 is 0.946 bits per heavy atom. The van der Waals surface area contributed by atoms with E-state index < -0.39 is 0 Å². The molecule has 0 radical (unpaired) electrons. The Morgan fingerprint density at radius 3 is 2.38 bits per heavy atom. The van der Waals surface area contributed by atoms with Crippen LogP contribution in [0.1, 0.15) is 35.3 Å². The summed E-state index contributed by atoms with van der Waals surface area (Å²) in [4.78, 5) is 33.8. The summed E-state index contributed by atoms with van der Waals surface area (Å²) in [5, 5.41) is 1.15. The monoisotopic (exact) mass is 561 g/mol. The summed E-state index contributed by atoms with van der Waals surface area (Å²) in [5.41, 5.74) is 3.71. The Hall–Kier alpha value is -3.58. The molecule has 0 atom stereocenters. The van der Waals surface area contributed by atoms with Crippen molar-refractivity contribution in [3.63, 3.8) is 0 Å². The molecular formula is C30H32BrN3O3. The van der Waals surface area contributed by atoms with Gasteiger partial charge in [0.1, 0.15) is 12.3 Å². The van der Waals surface area contributed by atoms with E-state index in [1.54, 1.807) is 24.1 Å². The standard InChI is InChI=1S/C30H32BrN3O3/c1-21(2)34(30(36)22-12-14-25(31)15-13-22)20-29(35)33(19-24-8-4-7-11-28(24)37-3)17-16-23-18-32-27-10-6-5-9-26(23)27/h4-15,18,21,32H,16-17,19-20H2,1-3H3. The van der Waals surface area contributed by atoms with Crippen molar-refractivity contribution in [2.45, 2.75) is 32.9 Å². The Labute approximate surface area is 226 Å². The number of fused-ring (bicyclic) bond motifs is 1. The van der Waals surface area contributed by atoms with Gasteiger partial charge in [-0.2, -0.15) is 0 Å². The fourth-order valence-corrected chi connectivity index (χ4v) is 4.68. The molecule has 4 rings (SSSR count). The molecule has 1 aromatic heterocycles. The van der Waals surface area contributed by atoms with E-state index in [0.717, 1.165) is 32.3 Å². The number of hydrogen-bond acceptors (Lipinski definition) is 3. The minimum atomic E-state index is -0.162. The number of para-hydroxylation sites is 2. The first kappa shape index (κ1) is 26.5. The number of carbonyl (C=O) groups is 2. The average molecular weight is 563 g/mol. The molecule has 0 aliphatic carbocycles. The number of aromatic nitrogens is 1. The first-order chi connectivity index (χ1) is 17.9. The Morgan fingerprint density at radius 2 is 1.65 bits per heavy atom. The summed E-state index contributed by atoms with van der Waals surface area (Å²) in [6.07, 6.45) is 2.70. The van der Waals surface area contributed by atoms with Crippen LogP contribution in [0.15, 0.2) is 83.5 Å². The highest BCUT2D eigenvalue weighted by molar-refractivity contribution is 9.10. The van der Waals surface area contributed by atoms with Gasteiger partial charge in [0.05, 0.1) is 7.11 Å². The van der Waals surface area contributed by atoms with Crippen LogP contribution >= 0.6 is 15.9 Å². The minimum Gasteiger partial charge on any atom is -0.496 e. The van der Waals surface area contributed by atoms with E-state index in [-0.39, 0.29) is 24.4 Å². The van der Waals surface area contributed by atoms with Gasteiger partial charge in [0, 0.05) is 51.8 Å². The molecule has 0 saturated heterocycles. The zero-order valence-corrected chi connectivity index (χ0v) is 23.0. The predicted octanol–water partition coefficient (Wildman–Crippen LogP) is 6.06. The molecule has 7 heteroatoms. The fourth-order valence-electron chi connectivity index (χ4n) is 4.42. The molecular weight excluding hydrogens is 530 g/mol. The number of amides is 2. The molecule has 0 saturated carbocycles. The number of ether oxygens (including phenoxy) is 1. The van der Waals surface area contributed by atoms with E-state index in [4.69, 9.17) is 4.74 Å². The van der Waals surface area contributed by atoms with E-state index in [0.29, 0.717) is 25.1 Å². The van der Waals surface area contributed by atoms with Crippen molar-refractivity contribution in [1.29, 1.82) is 0 Å². The highest BCUT2D eigenvalue weighted by Crippen LogP contribution is 2.22. The smallest absolute Gasteiger partial charge is 0.254 e. The Balaban J connectivity index is 1.57. The molecule has 0 aliphatic rings. The zero-order valence-electron chi connectivity index (χ0n) is 21.4. The highest BCUT2D eigenvalue weighted by atomic mass is 79.9. The van der Waals surface area contributed by atoms with Gasteiger partial charge in [0.15, 0.2) is 0 Å². The minimum absolute atomic E-state index is 0.00437. The van der Waals surface area contributed by atoms with Gasteiger partial charge in [-0.15, -0.1) is 0 Å². The maximum Gasteiger partial charge on any atom is 0.254 e. The van der Waals surface area contributed by atoms with Crippen LogP contribution in [0.5, 0.6) is 5.75 Å². The molecule has 0 aliphatic heterocycles. The normalized spacial score (nSPS) is 11.1. The average Bonchev–Trinajstić information content (AvgIpc) is 3.32. The van der Waals surface area contributed by atoms with E-state index in [9.17, 15) is 9.59 Å². The summed E-state index contributed by atoms with van der Waals surface area (Å²) in [7, 11) is 1.63. The zero-order chi connectivity index (χ0) is 26.4. The second kappa shape index (κ2) is 12.1. The van der Waals surface area contributed by atoms with Crippen LogP contribution in [0.3, 0.4) is 0 Å². The number of halogens is 1.